The van der Waals surface area contributed by atoms with Crippen LogP contribution in [0, 0.1) is 17.1 Å². The first-order chi connectivity index (χ1) is 12.7. The molecule has 1 amide bonds. The summed E-state index contributed by atoms with van der Waals surface area (Å²) in [5, 5.41) is 8.91. The molecule has 0 unspecified atom stereocenters. The number of hydrogen-bond acceptors (Lipinski definition) is 3. The van der Waals surface area contributed by atoms with E-state index in [1.807, 2.05) is 36.4 Å². The predicted octanol–water partition coefficient (Wildman–Crippen LogP) is 3.74. The fraction of sp³-hybridized carbons (Fsp3) is 0.333. The molecule has 0 heterocycles. The summed E-state index contributed by atoms with van der Waals surface area (Å²) in [6.07, 6.45) is 2.41. The zero-order chi connectivity index (χ0) is 18.4. The SMILES string of the molecule is N#CCCN(C(=O)CN(Cc1cccc(F)c1)C1CC1)c1ccccc1. The van der Waals surface area contributed by atoms with Gasteiger partial charge in [-0.05, 0) is 42.7 Å². The van der Waals surface area contributed by atoms with Crippen LogP contribution < -0.4 is 4.90 Å². The lowest BCUT2D eigenvalue weighted by atomic mass is 10.2. The maximum Gasteiger partial charge on any atom is 0.241 e. The van der Waals surface area contributed by atoms with Crippen LogP contribution in [0.15, 0.2) is 54.6 Å². The van der Waals surface area contributed by atoms with Crippen LogP contribution >= 0.6 is 0 Å². The molecule has 1 aliphatic carbocycles. The third kappa shape index (κ3) is 4.90. The normalized spacial score (nSPS) is 13.4. The van der Waals surface area contributed by atoms with Gasteiger partial charge in [0.25, 0.3) is 0 Å². The number of anilines is 1. The number of nitriles is 1. The van der Waals surface area contributed by atoms with Gasteiger partial charge in [0.15, 0.2) is 0 Å². The van der Waals surface area contributed by atoms with E-state index in [9.17, 15) is 9.18 Å². The lowest BCUT2D eigenvalue weighted by molar-refractivity contribution is -0.120. The van der Waals surface area contributed by atoms with Crippen molar-refractivity contribution in [2.24, 2.45) is 0 Å². The molecule has 0 aliphatic heterocycles. The zero-order valence-corrected chi connectivity index (χ0v) is 14.6. The fourth-order valence-corrected chi connectivity index (χ4v) is 3.05. The Morgan fingerprint density at radius 1 is 1.15 bits per heavy atom. The van der Waals surface area contributed by atoms with Gasteiger partial charge in [0, 0.05) is 24.8 Å². The van der Waals surface area contributed by atoms with Crippen LogP contribution in [0.3, 0.4) is 0 Å². The van der Waals surface area contributed by atoms with Crippen molar-refractivity contribution in [2.45, 2.75) is 31.8 Å². The van der Waals surface area contributed by atoms with E-state index in [0.717, 1.165) is 24.1 Å². The third-order valence-electron chi connectivity index (χ3n) is 4.49. The van der Waals surface area contributed by atoms with Crippen LogP contribution in [-0.2, 0) is 11.3 Å². The first kappa shape index (κ1) is 18.1. The Balaban J connectivity index is 1.72. The van der Waals surface area contributed by atoms with E-state index < -0.39 is 0 Å². The van der Waals surface area contributed by atoms with E-state index in [4.69, 9.17) is 5.26 Å². The van der Waals surface area contributed by atoms with Crippen molar-refractivity contribution in [1.29, 1.82) is 5.26 Å². The summed E-state index contributed by atoms with van der Waals surface area (Å²) in [4.78, 5) is 16.7. The van der Waals surface area contributed by atoms with Crippen molar-refractivity contribution >= 4 is 11.6 Å². The van der Waals surface area contributed by atoms with Crippen molar-refractivity contribution in [3.05, 3.63) is 66.0 Å². The highest BCUT2D eigenvalue weighted by atomic mass is 19.1. The van der Waals surface area contributed by atoms with Crippen molar-refractivity contribution in [3.8, 4) is 6.07 Å². The summed E-state index contributed by atoms with van der Waals surface area (Å²) in [6, 6.07) is 18.4. The summed E-state index contributed by atoms with van der Waals surface area (Å²) in [5.74, 6) is -0.292. The topological polar surface area (TPSA) is 47.3 Å². The van der Waals surface area contributed by atoms with Gasteiger partial charge >= 0.3 is 0 Å². The van der Waals surface area contributed by atoms with Gasteiger partial charge in [-0.1, -0.05) is 30.3 Å². The molecule has 5 heteroatoms. The molecule has 0 radical (unpaired) electrons. The van der Waals surface area contributed by atoms with Gasteiger partial charge in [0.1, 0.15) is 5.82 Å². The summed E-state index contributed by atoms with van der Waals surface area (Å²) in [5.41, 5.74) is 1.67. The van der Waals surface area contributed by atoms with Crippen LogP contribution in [0.25, 0.3) is 0 Å². The van der Waals surface area contributed by atoms with Crippen molar-refractivity contribution in [1.82, 2.24) is 4.90 Å². The molecule has 0 atom stereocenters. The van der Waals surface area contributed by atoms with Crippen LogP contribution in [0.4, 0.5) is 10.1 Å². The minimum atomic E-state index is -0.260. The molecular formula is C21H22FN3O. The molecule has 2 aromatic rings. The first-order valence-electron chi connectivity index (χ1n) is 8.88. The number of carbonyl (C=O) groups excluding carboxylic acids is 1. The zero-order valence-electron chi connectivity index (χ0n) is 14.6. The minimum Gasteiger partial charge on any atom is -0.310 e. The van der Waals surface area contributed by atoms with Crippen molar-refractivity contribution < 1.29 is 9.18 Å². The van der Waals surface area contributed by atoms with E-state index in [0.29, 0.717) is 19.1 Å². The number of rotatable bonds is 8. The lowest BCUT2D eigenvalue weighted by Crippen LogP contribution is -2.41. The average molecular weight is 351 g/mol. The van der Waals surface area contributed by atoms with Gasteiger partial charge in [0.2, 0.25) is 5.91 Å². The Hall–Kier alpha value is -2.71. The number of nitrogens with zero attached hydrogens (tertiary/aromatic N) is 3. The smallest absolute Gasteiger partial charge is 0.241 e. The Bertz CT molecular complexity index is 783. The monoisotopic (exact) mass is 351 g/mol. The van der Waals surface area contributed by atoms with Crippen molar-refractivity contribution in [3.63, 3.8) is 0 Å². The molecule has 4 nitrogen and oxygen atoms in total. The molecule has 0 spiro atoms. The van der Waals surface area contributed by atoms with Crippen LogP contribution in [0.5, 0.6) is 0 Å². The van der Waals surface area contributed by atoms with E-state index in [1.165, 1.54) is 12.1 Å². The van der Waals surface area contributed by atoms with E-state index in [-0.39, 0.29) is 24.7 Å². The fourth-order valence-electron chi connectivity index (χ4n) is 3.05. The molecule has 0 aromatic heterocycles. The molecule has 26 heavy (non-hydrogen) atoms. The van der Waals surface area contributed by atoms with Gasteiger partial charge < -0.3 is 4.90 Å². The number of para-hydroxylation sites is 1. The summed E-state index contributed by atoms with van der Waals surface area (Å²) < 4.78 is 13.5. The number of carbonyl (C=O) groups is 1. The largest absolute Gasteiger partial charge is 0.310 e. The second-order valence-corrected chi connectivity index (χ2v) is 6.56. The maximum absolute atomic E-state index is 13.5. The van der Waals surface area contributed by atoms with Gasteiger partial charge in [-0.3, -0.25) is 9.69 Å². The van der Waals surface area contributed by atoms with Gasteiger partial charge in [-0.25, -0.2) is 4.39 Å². The Morgan fingerprint density at radius 2 is 1.92 bits per heavy atom. The number of hydrogen-bond donors (Lipinski definition) is 0. The molecule has 3 rings (SSSR count). The second kappa shape index (κ2) is 8.59. The number of amides is 1. The van der Waals surface area contributed by atoms with E-state index in [2.05, 4.69) is 11.0 Å². The van der Waals surface area contributed by atoms with Gasteiger partial charge in [-0.15, -0.1) is 0 Å². The molecule has 2 aromatic carbocycles. The molecule has 0 saturated heterocycles. The highest BCUT2D eigenvalue weighted by Gasteiger charge is 2.31. The predicted molar refractivity (Wildman–Crippen MR) is 98.9 cm³/mol. The summed E-state index contributed by atoms with van der Waals surface area (Å²) in [6.45, 7) is 1.19. The molecule has 1 aliphatic rings. The molecule has 0 bridgehead atoms. The Morgan fingerprint density at radius 3 is 2.58 bits per heavy atom. The average Bonchev–Trinajstić information content (AvgIpc) is 3.48. The maximum atomic E-state index is 13.5. The molecule has 134 valence electrons. The summed E-state index contributed by atoms with van der Waals surface area (Å²) in [7, 11) is 0. The van der Waals surface area contributed by atoms with Gasteiger partial charge in [-0.2, -0.15) is 5.26 Å². The van der Waals surface area contributed by atoms with Crippen LogP contribution in [0.1, 0.15) is 24.8 Å². The number of halogens is 1. The first-order valence-corrected chi connectivity index (χ1v) is 8.88. The van der Waals surface area contributed by atoms with Crippen LogP contribution in [-0.4, -0.2) is 29.9 Å². The molecular weight excluding hydrogens is 329 g/mol. The standard InChI is InChI=1S/C21H22FN3O/c22-18-7-4-6-17(14-18)15-24(19-10-11-19)16-21(26)25(13-5-12-23)20-8-2-1-3-9-20/h1-4,6-9,14,19H,5,10-11,13,15-16H2. The quantitative estimate of drug-likeness (QED) is 0.728. The third-order valence-corrected chi connectivity index (χ3v) is 4.49. The number of benzene rings is 2. The highest BCUT2D eigenvalue weighted by molar-refractivity contribution is 5.94. The van der Waals surface area contributed by atoms with E-state index in [1.54, 1.807) is 11.0 Å². The highest BCUT2D eigenvalue weighted by Crippen LogP contribution is 2.28. The lowest BCUT2D eigenvalue weighted by Gasteiger charge is -2.27. The molecule has 0 N–H and O–H groups in total. The minimum absolute atomic E-state index is 0.0326. The Kier molecular flexibility index (Phi) is 5.98. The van der Waals surface area contributed by atoms with Crippen molar-refractivity contribution in [2.75, 3.05) is 18.0 Å². The van der Waals surface area contributed by atoms with Crippen LogP contribution in [0.2, 0.25) is 0 Å². The second-order valence-electron chi connectivity index (χ2n) is 6.56. The van der Waals surface area contributed by atoms with E-state index >= 15 is 0 Å². The summed E-state index contributed by atoms with van der Waals surface area (Å²) >= 11 is 0. The van der Waals surface area contributed by atoms with Gasteiger partial charge in [0.05, 0.1) is 19.0 Å². The Labute approximate surface area is 153 Å². The molecule has 1 saturated carbocycles. The molecule has 1 fully saturated rings.